The van der Waals surface area contributed by atoms with Gasteiger partial charge in [-0.15, -0.1) is 0 Å². The van der Waals surface area contributed by atoms with Gasteiger partial charge in [-0.2, -0.15) is 5.10 Å². The molecule has 0 radical (unpaired) electrons. The Morgan fingerprint density at radius 1 is 1.20 bits per heavy atom. The fraction of sp³-hybridized carbons (Fsp3) is 0.357. The van der Waals surface area contributed by atoms with Gasteiger partial charge < -0.3 is 0 Å². The van der Waals surface area contributed by atoms with Gasteiger partial charge in [-0.25, -0.2) is 13.1 Å². The molecule has 0 spiro atoms. The molecular weight excluding hydrogens is 274 g/mol. The predicted molar refractivity (Wildman–Crippen MR) is 78.1 cm³/mol. The molecule has 0 fully saturated rings. The summed E-state index contributed by atoms with van der Waals surface area (Å²) >= 11 is 0. The zero-order chi connectivity index (χ0) is 14.8. The molecule has 1 aromatic heterocycles. The van der Waals surface area contributed by atoms with Crippen molar-refractivity contribution < 1.29 is 8.42 Å². The van der Waals surface area contributed by atoms with E-state index in [0.29, 0.717) is 17.9 Å². The minimum absolute atomic E-state index is 0.345. The number of sulfonamides is 1. The van der Waals surface area contributed by atoms with Crippen molar-refractivity contribution in [3.8, 4) is 0 Å². The van der Waals surface area contributed by atoms with Gasteiger partial charge in [-0.05, 0) is 38.0 Å². The fourth-order valence-corrected chi connectivity index (χ4v) is 3.89. The van der Waals surface area contributed by atoms with Crippen LogP contribution in [0.4, 0.5) is 0 Å². The number of nitrogens with zero attached hydrogens (tertiary/aromatic N) is 1. The zero-order valence-electron chi connectivity index (χ0n) is 11.9. The lowest BCUT2D eigenvalue weighted by Gasteiger charge is -2.12. The molecule has 1 aromatic carbocycles. The van der Waals surface area contributed by atoms with Gasteiger partial charge in [0.25, 0.3) is 0 Å². The number of aryl methyl sites for hydroxylation is 3. The lowest BCUT2D eigenvalue weighted by Crippen LogP contribution is -2.27. The summed E-state index contributed by atoms with van der Waals surface area (Å²) in [5.74, 6) is 0. The highest BCUT2D eigenvalue weighted by Crippen LogP contribution is 2.21. The van der Waals surface area contributed by atoms with Crippen LogP contribution in [0.25, 0.3) is 0 Å². The first kappa shape index (κ1) is 14.7. The smallest absolute Gasteiger partial charge is 0.241 e. The van der Waals surface area contributed by atoms with E-state index in [9.17, 15) is 8.42 Å². The van der Waals surface area contributed by atoms with Gasteiger partial charge in [0.05, 0.1) is 4.90 Å². The summed E-state index contributed by atoms with van der Waals surface area (Å²) in [5.41, 5.74) is 3.52. The van der Waals surface area contributed by atoms with Gasteiger partial charge >= 0.3 is 0 Å². The average Bonchev–Trinajstić information content (AvgIpc) is 2.79. The Bertz CT molecular complexity index is 668. The van der Waals surface area contributed by atoms with Gasteiger partial charge in [-0.3, -0.25) is 5.10 Å². The minimum atomic E-state index is -3.48. The quantitative estimate of drug-likeness (QED) is 0.883. The Hall–Kier alpha value is -1.66. The van der Waals surface area contributed by atoms with Crippen molar-refractivity contribution in [1.29, 1.82) is 0 Å². The Balaban J connectivity index is 2.14. The first-order chi connectivity index (χ1) is 9.40. The van der Waals surface area contributed by atoms with Crippen molar-refractivity contribution in [2.24, 2.45) is 0 Å². The molecule has 0 amide bonds. The molecule has 0 aliphatic heterocycles. The van der Waals surface area contributed by atoms with Crippen LogP contribution in [0.15, 0.2) is 29.3 Å². The van der Waals surface area contributed by atoms with E-state index in [1.807, 2.05) is 39.0 Å². The van der Waals surface area contributed by atoms with Gasteiger partial charge in [0.1, 0.15) is 0 Å². The van der Waals surface area contributed by atoms with E-state index in [4.69, 9.17) is 0 Å². The van der Waals surface area contributed by atoms with Gasteiger partial charge in [0.15, 0.2) is 0 Å². The standard InChI is InChI=1S/C14H19N3O2S/c1-10-8-11(2)14(12(3)9-10)20(18,19)16-7-5-13-4-6-15-17-13/h4,6,8-9,16H,5,7H2,1-3H3,(H,15,17). The summed E-state index contributed by atoms with van der Waals surface area (Å²) in [6.45, 7) is 5.95. The third-order valence-corrected chi connectivity index (χ3v) is 4.88. The van der Waals surface area contributed by atoms with E-state index in [2.05, 4.69) is 14.9 Å². The number of hydrogen-bond donors (Lipinski definition) is 2. The summed E-state index contributed by atoms with van der Waals surface area (Å²) < 4.78 is 27.4. The summed E-state index contributed by atoms with van der Waals surface area (Å²) in [7, 11) is -3.48. The van der Waals surface area contributed by atoms with Crippen LogP contribution in [0, 0.1) is 20.8 Å². The van der Waals surface area contributed by atoms with Crippen LogP contribution in [0.3, 0.4) is 0 Å². The Labute approximate surface area is 119 Å². The number of aromatic amines is 1. The molecule has 2 aromatic rings. The fourth-order valence-electron chi connectivity index (χ4n) is 2.41. The van der Waals surface area contributed by atoms with Crippen LogP contribution >= 0.6 is 0 Å². The summed E-state index contributed by atoms with van der Waals surface area (Å²) in [4.78, 5) is 0.382. The van der Waals surface area contributed by atoms with E-state index in [1.165, 1.54) is 0 Å². The topological polar surface area (TPSA) is 74.8 Å². The monoisotopic (exact) mass is 293 g/mol. The molecule has 0 saturated carbocycles. The Kier molecular flexibility index (Phi) is 4.25. The van der Waals surface area contributed by atoms with Crippen molar-refractivity contribution in [3.05, 3.63) is 46.8 Å². The summed E-state index contributed by atoms with van der Waals surface area (Å²) in [5, 5.41) is 6.64. The summed E-state index contributed by atoms with van der Waals surface area (Å²) in [6.07, 6.45) is 2.24. The van der Waals surface area contributed by atoms with E-state index in [-0.39, 0.29) is 0 Å². The number of nitrogens with one attached hydrogen (secondary N) is 2. The molecule has 0 saturated heterocycles. The lowest BCUT2D eigenvalue weighted by molar-refractivity contribution is 0.580. The van der Waals surface area contributed by atoms with Crippen LogP contribution < -0.4 is 4.72 Å². The molecule has 0 aliphatic rings. The second kappa shape index (κ2) is 5.76. The molecule has 108 valence electrons. The van der Waals surface area contributed by atoms with Crippen LogP contribution in [-0.2, 0) is 16.4 Å². The van der Waals surface area contributed by atoms with Crippen LogP contribution in [0.1, 0.15) is 22.4 Å². The average molecular weight is 293 g/mol. The number of benzene rings is 1. The van der Waals surface area contributed by atoms with Crippen molar-refractivity contribution in [3.63, 3.8) is 0 Å². The second-order valence-electron chi connectivity index (χ2n) is 4.96. The first-order valence-electron chi connectivity index (χ1n) is 6.46. The SMILES string of the molecule is Cc1cc(C)c(S(=O)(=O)NCCc2ccn[nH]2)c(C)c1. The molecular formula is C14H19N3O2S. The number of H-pyrrole nitrogens is 1. The summed E-state index contributed by atoms with van der Waals surface area (Å²) in [6, 6.07) is 5.60. The van der Waals surface area contributed by atoms with Crippen LogP contribution in [0.2, 0.25) is 0 Å². The molecule has 6 heteroatoms. The predicted octanol–water partition coefficient (Wildman–Crippen LogP) is 1.86. The van der Waals surface area contributed by atoms with E-state index >= 15 is 0 Å². The maximum atomic E-state index is 12.4. The zero-order valence-corrected chi connectivity index (χ0v) is 12.7. The van der Waals surface area contributed by atoms with Gasteiger partial charge in [0, 0.05) is 24.9 Å². The minimum Gasteiger partial charge on any atom is -0.283 e. The third kappa shape index (κ3) is 3.26. The third-order valence-electron chi connectivity index (χ3n) is 3.12. The molecule has 0 aliphatic carbocycles. The number of hydrogen-bond acceptors (Lipinski definition) is 3. The second-order valence-corrected chi connectivity index (χ2v) is 6.66. The molecule has 0 unspecified atom stereocenters. The molecule has 0 atom stereocenters. The normalized spacial score (nSPS) is 11.8. The Morgan fingerprint density at radius 2 is 1.85 bits per heavy atom. The molecule has 2 rings (SSSR count). The van der Waals surface area contributed by atoms with E-state index < -0.39 is 10.0 Å². The number of rotatable bonds is 5. The number of aromatic nitrogens is 2. The highest BCUT2D eigenvalue weighted by molar-refractivity contribution is 7.89. The molecule has 5 nitrogen and oxygen atoms in total. The maximum absolute atomic E-state index is 12.4. The highest BCUT2D eigenvalue weighted by Gasteiger charge is 2.19. The van der Waals surface area contributed by atoms with Crippen molar-refractivity contribution >= 4 is 10.0 Å². The van der Waals surface area contributed by atoms with E-state index in [1.54, 1.807) is 6.20 Å². The lowest BCUT2D eigenvalue weighted by atomic mass is 10.1. The van der Waals surface area contributed by atoms with Crippen LogP contribution in [0.5, 0.6) is 0 Å². The van der Waals surface area contributed by atoms with Gasteiger partial charge in [-0.1, -0.05) is 17.7 Å². The molecule has 2 N–H and O–H groups in total. The largest absolute Gasteiger partial charge is 0.283 e. The molecule has 20 heavy (non-hydrogen) atoms. The first-order valence-corrected chi connectivity index (χ1v) is 7.94. The van der Waals surface area contributed by atoms with Crippen LogP contribution in [-0.4, -0.2) is 25.2 Å². The van der Waals surface area contributed by atoms with E-state index in [0.717, 1.165) is 22.4 Å². The molecule has 1 heterocycles. The molecule has 0 bridgehead atoms. The van der Waals surface area contributed by atoms with Crippen molar-refractivity contribution in [2.75, 3.05) is 6.54 Å². The van der Waals surface area contributed by atoms with Crippen molar-refractivity contribution in [2.45, 2.75) is 32.1 Å². The van der Waals surface area contributed by atoms with Crippen molar-refractivity contribution in [1.82, 2.24) is 14.9 Å². The van der Waals surface area contributed by atoms with Gasteiger partial charge in [0.2, 0.25) is 10.0 Å². The Morgan fingerprint density at radius 3 is 2.40 bits per heavy atom. The highest BCUT2D eigenvalue weighted by atomic mass is 32.2. The maximum Gasteiger partial charge on any atom is 0.241 e.